The number of carboxylic acid groups (broad SMARTS) is 1. The van der Waals surface area contributed by atoms with Crippen molar-refractivity contribution in [3.63, 3.8) is 0 Å². The number of rotatable bonds is 1. The van der Waals surface area contributed by atoms with Crippen LogP contribution in [0.4, 0.5) is 0 Å². The second kappa shape index (κ2) is 2.99. The van der Waals surface area contributed by atoms with Gasteiger partial charge in [0.05, 0.1) is 0 Å². The van der Waals surface area contributed by atoms with Crippen molar-refractivity contribution in [2.24, 2.45) is 0 Å². The van der Waals surface area contributed by atoms with Gasteiger partial charge in [-0.3, -0.25) is 0 Å². The lowest BCUT2D eigenvalue weighted by Gasteiger charge is -2.04. The van der Waals surface area contributed by atoms with Gasteiger partial charge in [0.15, 0.2) is 0 Å². The number of aromatic hydroxyl groups is 1. The average molecular weight is 208 g/mol. The molecule has 1 aromatic carbocycles. The maximum atomic E-state index is 10.9. The van der Waals surface area contributed by atoms with E-state index >= 15 is 0 Å². The van der Waals surface area contributed by atoms with Crippen LogP contribution < -0.4 is 0 Å². The summed E-state index contributed by atoms with van der Waals surface area (Å²) in [5, 5.41) is 21.2. The third-order valence-corrected chi connectivity index (χ3v) is 3.08. The van der Waals surface area contributed by atoms with Gasteiger partial charge in [-0.05, 0) is 35.4 Å². The largest absolute Gasteiger partial charge is 0.507 e. The Morgan fingerprint density at radius 3 is 2.86 bits per heavy atom. The molecule has 0 saturated heterocycles. The van der Waals surface area contributed by atoms with Crippen LogP contribution in [0.5, 0.6) is 5.75 Å². The molecule has 3 nitrogen and oxygen atoms in total. The molecule has 1 aromatic heterocycles. The number of hydrogen-bond acceptors (Lipinski definition) is 3. The van der Waals surface area contributed by atoms with Gasteiger partial charge in [0.1, 0.15) is 11.3 Å². The van der Waals surface area contributed by atoms with Crippen LogP contribution in [0.15, 0.2) is 17.5 Å². The lowest BCUT2D eigenvalue weighted by atomic mass is 10.0. The van der Waals surface area contributed by atoms with Gasteiger partial charge >= 0.3 is 5.97 Å². The Balaban J connectivity index is 2.89. The molecule has 0 atom stereocenters. The molecule has 4 heteroatoms. The highest BCUT2D eigenvalue weighted by Gasteiger charge is 2.16. The fourth-order valence-corrected chi connectivity index (χ4v) is 2.41. The zero-order valence-corrected chi connectivity index (χ0v) is 8.26. The smallest absolute Gasteiger partial charge is 0.339 e. The summed E-state index contributed by atoms with van der Waals surface area (Å²) < 4.78 is 0.907. The molecule has 0 aliphatic rings. The molecule has 2 rings (SSSR count). The highest BCUT2D eigenvalue weighted by Crippen LogP contribution is 2.32. The third-order valence-electron chi connectivity index (χ3n) is 2.21. The van der Waals surface area contributed by atoms with Crippen LogP contribution in [0.25, 0.3) is 10.1 Å². The van der Waals surface area contributed by atoms with Crippen LogP contribution in [0.3, 0.4) is 0 Å². The first kappa shape index (κ1) is 9.02. The molecule has 2 N–H and O–H groups in total. The molecule has 72 valence electrons. The van der Waals surface area contributed by atoms with Crippen LogP contribution in [0.2, 0.25) is 0 Å². The van der Waals surface area contributed by atoms with E-state index < -0.39 is 5.97 Å². The second-order valence-corrected chi connectivity index (χ2v) is 3.98. The number of phenols is 1. The molecule has 0 aliphatic carbocycles. The molecule has 2 aromatic rings. The number of fused-ring (bicyclic) bond motifs is 1. The number of benzene rings is 1. The van der Waals surface area contributed by atoms with Gasteiger partial charge in [-0.2, -0.15) is 0 Å². The Labute approximate surface area is 84.2 Å². The average Bonchev–Trinajstić information content (AvgIpc) is 2.50. The van der Waals surface area contributed by atoms with Crippen molar-refractivity contribution in [2.75, 3.05) is 0 Å². The predicted octanol–water partition coefficient (Wildman–Crippen LogP) is 2.61. The molecule has 0 amide bonds. The van der Waals surface area contributed by atoms with Crippen molar-refractivity contribution in [1.82, 2.24) is 0 Å². The lowest BCUT2D eigenvalue weighted by Crippen LogP contribution is -2.00. The van der Waals surface area contributed by atoms with Crippen LogP contribution in [-0.4, -0.2) is 16.2 Å². The van der Waals surface area contributed by atoms with E-state index in [0.717, 1.165) is 10.1 Å². The van der Waals surface area contributed by atoms with E-state index in [1.54, 1.807) is 6.92 Å². The Hall–Kier alpha value is -1.55. The Kier molecular flexibility index (Phi) is 1.93. The summed E-state index contributed by atoms with van der Waals surface area (Å²) in [5.41, 5.74) is 0.615. The summed E-state index contributed by atoms with van der Waals surface area (Å²) in [5.74, 6) is -1.25. The van der Waals surface area contributed by atoms with E-state index in [-0.39, 0.29) is 11.3 Å². The minimum absolute atomic E-state index is 0.00380. The van der Waals surface area contributed by atoms with Gasteiger partial charge in [0.2, 0.25) is 0 Å². The first-order chi connectivity index (χ1) is 6.61. The van der Waals surface area contributed by atoms with Crippen molar-refractivity contribution in [2.45, 2.75) is 6.92 Å². The Morgan fingerprint density at radius 1 is 1.50 bits per heavy atom. The van der Waals surface area contributed by atoms with Crippen LogP contribution in [0, 0.1) is 6.92 Å². The standard InChI is InChI=1S/C10H8O3S/c1-5-6-2-3-14-8(6)4-7(11)9(5)10(12)13/h2-4,11H,1H3,(H,12,13). The van der Waals surface area contributed by atoms with Crippen molar-refractivity contribution < 1.29 is 15.0 Å². The summed E-state index contributed by atoms with van der Waals surface area (Å²) in [6.45, 7) is 1.71. The summed E-state index contributed by atoms with van der Waals surface area (Å²) in [7, 11) is 0. The number of carboxylic acids is 1. The van der Waals surface area contributed by atoms with Crippen molar-refractivity contribution in [1.29, 1.82) is 0 Å². The molecule has 0 unspecified atom stereocenters. The first-order valence-corrected chi connectivity index (χ1v) is 4.92. The fourth-order valence-electron chi connectivity index (χ4n) is 1.54. The Bertz CT molecular complexity index is 513. The number of aromatic carboxylic acids is 1. The van der Waals surface area contributed by atoms with E-state index in [0.29, 0.717) is 5.56 Å². The van der Waals surface area contributed by atoms with Crippen molar-refractivity contribution in [3.8, 4) is 5.75 Å². The molecule has 0 bridgehead atoms. The molecule has 0 aliphatic heterocycles. The van der Waals surface area contributed by atoms with Crippen LogP contribution in [-0.2, 0) is 0 Å². The minimum atomic E-state index is -1.09. The zero-order valence-electron chi connectivity index (χ0n) is 7.44. The van der Waals surface area contributed by atoms with E-state index in [1.165, 1.54) is 17.4 Å². The molecule has 0 saturated carbocycles. The zero-order chi connectivity index (χ0) is 10.3. The SMILES string of the molecule is Cc1c(C(=O)O)c(O)cc2sccc12. The first-order valence-electron chi connectivity index (χ1n) is 4.04. The van der Waals surface area contributed by atoms with Gasteiger partial charge in [-0.25, -0.2) is 4.79 Å². The number of hydrogen-bond donors (Lipinski definition) is 2. The molecule has 0 spiro atoms. The van der Waals surface area contributed by atoms with Gasteiger partial charge in [-0.1, -0.05) is 0 Å². The maximum absolute atomic E-state index is 10.9. The number of carbonyl (C=O) groups is 1. The van der Waals surface area contributed by atoms with Gasteiger partial charge in [0.25, 0.3) is 0 Å². The topological polar surface area (TPSA) is 57.5 Å². The van der Waals surface area contributed by atoms with Crippen LogP contribution >= 0.6 is 11.3 Å². The summed E-state index contributed by atoms with van der Waals surface area (Å²) in [6, 6.07) is 3.36. The minimum Gasteiger partial charge on any atom is -0.507 e. The number of thiophene rings is 1. The third kappa shape index (κ3) is 1.15. The normalized spacial score (nSPS) is 10.6. The number of aryl methyl sites for hydroxylation is 1. The second-order valence-electron chi connectivity index (χ2n) is 3.03. The van der Waals surface area contributed by atoms with E-state index in [1.807, 2.05) is 11.4 Å². The van der Waals surface area contributed by atoms with Crippen LogP contribution in [0.1, 0.15) is 15.9 Å². The van der Waals surface area contributed by atoms with E-state index in [9.17, 15) is 9.90 Å². The predicted molar refractivity (Wildman–Crippen MR) is 55.2 cm³/mol. The highest BCUT2D eigenvalue weighted by atomic mass is 32.1. The van der Waals surface area contributed by atoms with Crippen molar-refractivity contribution >= 4 is 27.4 Å². The summed E-state index contributed by atoms with van der Waals surface area (Å²) in [4.78, 5) is 10.9. The van der Waals surface area contributed by atoms with Gasteiger partial charge < -0.3 is 10.2 Å². The fraction of sp³-hybridized carbons (Fsp3) is 0.100. The molecule has 0 fully saturated rings. The summed E-state index contributed by atoms with van der Waals surface area (Å²) in [6.07, 6.45) is 0. The molecular formula is C10H8O3S. The molecule has 14 heavy (non-hydrogen) atoms. The molecular weight excluding hydrogens is 200 g/mol. The van der Waals surface area contributed by atoms with Crippen molar-refractivity contribution in [3.05, 3.63) is 28.6 Å². The monoisotopic (exact) mass is 208 g/mol. The maximum Gasteiger partial charge on any atom is 0.339 e. The van der Waals surface area contributed by atoms with Gasteiger partial charge in [-0.15, -0.1) is 11.3 Å². The quantitative estimate of drug-likeness (QED) is 0.757. The van der Waals surface area contributed by atoms with E-state index in [2.05, 4.69) is 0 Å². The summed E-state index contributed by atoms with van der Waals surface area (Å²) >= 11 is 1.48. The van der Waals surface area contributed by atoms with E-state index in [4.69, 9.17) is 5.11 Å². The lowest BCUT2D eigenvalue weighted by molar-refractivity contribution is 0.0693. The Morgan fingerprint density at radius 2 is 2.21 bits per heavy atom. The van der Waals surface area contributed by atoms with Gasteiger partial charge in [0, 0.05) is 4.70 Å². The molecule has 0 radical (unpaired) electrons. The highest BCUT2D eigenvalue weighted by molar-refractivity contribution is 7.17. The molecule has 1 heterocycles.